The molecule has 4 aromatic rings. The molecule has 6 nitrogen and oxygen atoms in total. The number of halogens is 4. The van der Waals surface area contributed by atoms with Gasteiger partial charge in [0.15, 0.2) is 0 Å². The highest BCUT2D eigenvalue weighted by atomic mass is 35.5. The number of hydrogen-bond donors (Lipinski definition) is 0. The number of rotatable bonds is 5. The topological polar surface area (TPSA) is 93.0 Å². The predicted molar refractivity (Wildman–Crippen MR) is 122 cm³/mol. The molecule has 0 saturated carbocycles. The van der Waals surface area contributed by atoms with E-state index in [2.05, 4.69) is 4.98 Å². The standard InChI is InChI=1S/C23H11ClF3N3O3S/c24-19-6-4-15(23(25,26)27)10-18(19)21-7-5-17(33-21)9-14(11-28)22-29-20(12-34-22)13-2-1-3-16(8-13)30(31)32/h1-10,12H/b14-9+. The second kappa shape index (κ2) is 9.13. The van der Waals surface area contributed by atoms with Crippen molar-refractivity contribution in [3.63, 3.8) is 0 Å². The highest BCUT2D eigenvalue weighted by molar-refractivity contribution is 7.11. The fraction of sp³-hybridized carbons (Fsp3) is 0.0435. The number of benzene rings is 2. The van der Waals surface area contributed by atoms with Gasteiger partial charge in [-0.05, 0) is 30.3 Å². The van der Waals surface area contributed by atoms with Crippen LogP contribution in [0.25, 0.3) is 34.2 Å². The average Bonchev–Trinajstić information content (AvgIpc) is 3.47. The second-order valence-corrected chi connectivity index (χ2v) is 8.17. The Bertz CT molecular complexity index is 1470. The Morgan fingerprint density at radius 2 is 2.00 bits per heavy atom. The van der Waals surface area contributed by atoms with Crippen molar-refractivity contribution in [1.82, 2.24) is 4.98 Å². The number of hydrogen-bond acceptors (Lipinski definition) is 6. The van der Waals surface area contributed by atoms with E-state index in [0.717, 1.165) is 29.5 Å². The molecule has 11 heteroatoms. The van der Waals surface area contributed by atoms with Crippen LogP contribution in [-0.4, -0.2) is 9.91 Å². The molecule has 0 unspecified atom stereocenters. The first-order valence-corrected chi connectivity index (χ1v) is 10.7. The molecule has 2 aromatic heterocycles. The lowest BCUT2D eigenvalue weighted by Crippen LogP contribution is -2.04. The summed E-state index contributed by atoms with van der Waals surface area (Å²) >= 11 is 7.23. The normalized spacial score (nSPS) is 11.9. The van der Waals surface area contributed by atoms with Crippen LogP contribution in [0.15, 0.2) is 64.4 Å². The number of nitro benzene ring substituents is 1. The van der Waals surface area contributed by atoms with Gasteiger partial charge in [0.05, 0.1) is 26.8 Å². The van der Waals surface area contributed by atoms with E-state index >= 15 is 0 Å². The molecule has 0 fully saturated rings. The largest absolute Gasteiger partial charge is 0.457 e. The number of thiazole rings is 1. The van der Waals surface area contributed by atoms with Crippen LogP contribution in [-0.2, 0) is 6.18 Å². The molecular formula is C23H11ClF3N3O3S. The third-order valence-electron chi connectivity index (χ3n) is 4.68. The minimum Gasteiger partial charge on any atom is -0.457 e. The van der Waals surface area contributed by atoms with Crippen LogP contribution in [0, 0.1) is 21.4 Å². The number of alkyl halides is 3. The number of nitriles is 1. The summed E-state index contributed by atoms with van der Waals surface area (Å²) in [6.07, 6.45) is -3.13. The van der Waals surface area contributed by atoms with Crippen LogP contribution in [0.5, 0.6) is 0 Å². The summed E-state index contributed by atoms with van der Waals surface area (Å²) in [6.45, 7) is 0. The first kappa shape index (κ1) is 23.2. The van der Waals surface area contributed by atoms with Gasteiger partial charge in [-0.1, -0.05) is 23.7 Å². The highest BCUT2D eigenvalue weighted by Gasteiger charge is 2.31. The molecular weight excluding hydrogens is 491 g/mol. The van der Waals surface area contributed by atoms with Gasteiger partial charge in [0.2, 0.25) is 0 Å². The Hall–Kier alpha value is -3.94. The van der Waals surface area contributed by atoms with Crippen LogP contribution in [0.2, 0.25) is 5.02 Å². The van der Waals surface area contributed by atoms with Crippen LogP contribution in [0.4, 0.5) is 18.9 Å². The van der Waals surface area contributed by atoms with Crippen molar-refractivity contribution in [3.05, 3.63) is 91.4 Å². The van der Waals surface area contributed by atoms with E-state index in [9.17, 15) is 28.5 Å². The van der Waals surface area contributed by atoms with Gasteiger partial charge in [-0.2, -0.15) is 18.4 Å². The van der Waals surface area contributed by atoms with E-state index < -0.39 is 16.7 Å². The molecule has 0 atom stereocenters. The van der Waals surface area contributed by atoms with Gasteiger partial charge in [0.1, 0.15) is 22.6 Å². The molecule has 0 aliphatic rings. The van der Waals surface area contributed by atoms with Crippen molar-refractivity contribution >= 4 is 40.3 Å². The van der Waals surface area contributed by atoms with Gasteiger partial charge < -0.3 is 4.42 Å². The van der Waals surface area contributed by atoms with Crippen LogP contribution in [0.3, 0.4) is 0 Å². The van der Waals surface area contributed by atoms with Gasteiger partial charge in [0, 0.05) is 34.7 Å². The molecule has 0 bridgehead atoms. The molecule has 2 aromatic carbocycles. The third-order valence-corrected chi connectivity index (χ3v) is 5.89. The Kier molecular flexibility index (Phi) is 6.24. The smallest absolute Gasteiger partial charge is 0.416 e. The van der Waals surface area contributed by atoms with Crippen molar-refractivity contribution in [2.45, 2.75) is 6.18 Å². The Morgan fingerprint density at radius 3 is 2.71 bits per heavy atom. The molecule has 34 heavy (non-hydrogen) atoms. The zero-order valence-electron chi connectivity index (χ0n) is 16.8. The molecule has 4 rings (SSSR count). The van der Waals surface area contributed by atoms with E-state index in [1.54, 1.807) is 11.4 Å². The lowest BCUT2D eigenvalue weighted by Gasteiger charge is -2.09. The van der Waals surface area contributed by atoms with Gasteiger partial charge >= 0.3 is 6.18 Å². The molecule has 2 heterocycles. The predicted octanol–water partition coefficient (Wildman–Crippen LogP) is 7.71. The van der Waals surface area contributed by atoms with Crippen molar-refractivity contribution < 1.29 is 22.5 Å². The SMILES string of the molecule is N#C/C(=C\c1ccc(-c2cc(C(F)(F)F)ccc2Cl)o1)c1nc(-c2cccc([N+](=O)[O-])c2)cs1. The van der Waals surface area contributed by atoms with E-state index in [1.807, 2.05) is 6.07 Å². The van der Waals surface area contributed by atoms with Gasteiger partial charge in [-0.15, -0.1) is 11.3 Å². The Labute approximate surface area is 199 Å². The summed E-state index contributed by atoms with van der Waals surface area (Å²) in [6, 6.07) is 13.8. The molecule has 0 radical (unpaired) electrons. The van der Waals surface area contributed by atoms with Crippen molar-refractivity contribution in [2.24, 2.45) is 0 Å². The fourth-order valence-corrected chi connectivity index (χ4v) is 4.06. The summed E-state index contributed by atoms with van der Waals surface area (Å²) in [4.78, 5) is 14.9. The monoisotopic (exact) mass is 501 g/mol. The highest BCUT2D eigenvalue weighted by Crippen LogP contribution is 2.37. The lowest BCUT2D eigenvalue weighted by atomic mass is 10.1. The summed E-state index contributed by atoms with van der Waals surface area (Å²) in [5.41, 5.74) is 0.248. The van der Waals surface area contributed by atoms with E-state index in [1.165, 1.54) is 36.4 Å². The second-order valence-electron chi connectivity index (χ2n) is 6.91. The molecule has 0 saturated heterocycles. The maximum absolute atomic E-state index is 13.1. The molecule has 0 aliphatic heterocycles. The average molecular weight is 502 g/mol. The van der Waals surface area contributed by atoms with Crippen molar-refractivity contribution in [2.75, 3.05) is 0 Å². The third kappa shape index (κ3) is 4.85. The minimum atomic E-state index is -4.54. The Balaban J connectivity index is 1.64. The number of nitro groups is 1. The number of furan rings is 1. The number of non-ortho nitro benzene ring substituents is 1. The number of nitrogens with zero attached hydrogens (tertiary/aromatic N) is 3. The van der Waals surface area contributed by atoms with E-state index in [-0.39, 0.29) is 33.4 Å². The summed E-state index contributed by atoms with van der Waals surface area (Å²) in [7, 11) is 0. The summed E-state index contributed by atoms with van der Waals surface area (Å²) < 4.78 is 44.8. The van der Waals surface area contributed by atoms with Crippen LogP contribution >= 0.6 is 22.9 Å². The summed E-state index contributed by atoms with van der Waals surface area (Å²) in [5, 5.41) is 22.7. The minimum absolute atomic E-state index is 0.0665. The van der Waals surface area contributed by atoms with Gasteiger partial charge in [0.25, 0.3) is 5.69 Å². The lowest BCUT2D eigenvalue weighted by molar-refractivity contribution is -0.384. The Morgan fingerprint density at radius 1 is 1.21 bits per heavy atom. The molecule has 170 valence electrons. The quantitative estimate of drug-likeness (QED) is 0.158. The zero-order chi connectivity index (χ0) is 24.5. The zero-order valence-corrected chi connectivity index (χ0v) is 18.4. The molecule has 0 spiro atoms. The summed E-state index contributed by atoms with van der Waals surface area (Å²) in [5.74, 6) is 0.322. The van der Waals surface area contributed by atoms with Gasteiger partial charge in [-0.25, -0.2) is 4.98 Å². The van der Waals surface area contributed by atoms with E-state index in [4.69, 9.17) is 16.0 Å². The van der Waals surface area contributed by atoms with Crippen molar-refractivity contribution in [3.8, 4) is 28.7 Å². The molecule has 0 amide bonds. The fourth-order valence-electron chi connectivity index (χ4n) is 3.06. The van der Waals surface area contributed by atoms with Gasteiger partial charge in [-0.3, -0.25) is 10.1 Å². The first-order valence-electron chi connectivity index (χ1n) is 9.45. The number of aromatic nitrogens is 1. The van der Waals surface area contributed by atoms with Crippen LogP contribution in [0.1, 0.15) is 16.3 Å². The molecule has 0 N–H and O–H groups in total. The molecule has 0 aliphatic carbocycles. The van der Waals surface area contributed by atoms with Crippen molar-refractivity contribution in [1.29, 1.82) is 5.26 Å². The number of allylic oxidation sites excluding steroid dienone is 1. The first-order chi connectivity index (χ1) is 16.2. The maximum atomic E-state index is 13.1. The maximum Gasteiger partial charge on any atom is 0.416 e. The van der Waals surface area contributed by atoms with E-state index in [0.29, 0.717) is 16.3 Å². The van der Waals surface area contributed by atoms with Crippen LogP contribution < -0.4 is 0 Å².